The Morgan fingerprint density at radius 2 is 1.78 bits per heavy atom. The molecule has 0 amide bonds. The molecule has 1 atom stereocenters. The lowest BCUT2D eigenvalue weighted by atomic mass is 10.1. The number of halogens is 1. The minimum atomic E-state index is -0.256. The zero-order valence-corrected chi connectivity index (χ0v) is 15.3. The second kappa shape index (κ2) is 6.79. The fourth-order valence-corrected chi connectivity index (χ4v) is 3.01. The van der Waals surface area contributed by atoms with E-state index < -0.39 is 0 Å². The Morgan fingerprint density at radius 1 is 1.00 bits per heavy atom. The van der Waals surface area contributed by atoms with Gasteiger partial charge < -0.3 is 9.84 Å². The second-order valence-corrected chi connectivity index (χ2v) is 6.64. The van der Waals surface area contributed by atoms with Gasteiger partial charge in [0.05, 0.1) is 11.1 Å². The normalized spacial score (nSPS) is 12.3. The predicted octanol–water partition coefficient (Wildman–Crippen LogP) is 5.21. The summed E-state index contributed by atoms with van der Waals surface area (Å²) in [6, 6.07) is 14.5. The van der Waals surface area contributed by atoms with E-state index in [4.69, 9.17) is 9.51 Å². The highest BCUT2D eigenvalue weighted by molar-refractivity contribution is 5.88. The van der Waals surface area contributed by atoms with Gasteiger partial charge in [0.2, 0.25) is 11.7 Å². The average molecular weight is 362 g/mol. The number of nitrogens with zero attached hydrogens (tertiary/aromatic N) is 3. The van der Waals surface area contributed by atoms with E-state index >= 15 is 0 Å². The van der Waals surface area contributed by atoms with Crippen LogP contribution in [-0.4, -0.2) is 15.1 Å². The SMILES string of the molecule is Cc1ccc2cc(-c3noc(C)n3)c(N[C@@H](C)c3ccc(F)cc3)nc2c1. The zero-order chi connectivity index (χ0) is 19.0. The standard InChI is InChI=1S/C21H19FN4O/c1-12-4-5-16-11-18(21-24-14(3)27-26-21)20(25-19(16)10-12)23-13(2)15-6-8-17(22)9-7-15/h4-11,13H,1-3H3,(H,23,25)/t13-/m0/s1. The fraction of sp³-hybridized carbons (Fsp3) is 0.190. The maximum atomic E-state index is 13.2. The van der Waals surface area contributed by atoms with E-state index in [-0.39, 0.29) is 11.9 Å². The molecule has 0 spiro atoms. The maximum absolute atomic E-state index is 13.2. The molecule has 4 rings (SSSR count). The Bertz CT molecular complexity index is 1110. The van der Waals surface area contributed by atoms with E-state index in [9.17, 15) is 4.39 Å². The summed E-state index contributed by atoms with van der Waals surface area (Å²) in [6.45, 7) is 5.79. The van der Waals surface area contributed by atoms with Crippen LogP contribution in [0.1, 0.15) is 30.0 Å². The molecule has 5 nitrogen and oxygen atoms in total. The minimum absolute atomic E-state index is 0.0768. The van der Waals surface area contributed by atoms with Crippen molar-refractivity contribution in [1.82, 2.24) is 15.1 Å². The van der Waals surface area contributed by atoms with Crippen molar-refractivity contribution >= 4 is 16.7 Å². The number of aryl methyl sites for hydroxylation is 2. The van der Waals surface area contributed by atoms with Crippen LogP contribution >= 0.6 is 0 Å². The first-order chi connectivity index (χ1) is 13.0. The van der Waals surface area contributed by atoms with Gasteiger partial charge in [-0.2, -0.15) is 4.98 Å². The first-order valence-electron chi connectivity index (χ1n) is 8.74. The minimum Gasteiger partial charge on any atom is -0.363 e. The summed E-state index contributed by atoms with van der Waals surface area (Å²) in [5.41, 5.74) is 3.73. The monoisotopic (exact) mass is 362 g/mol. The Hall–Kier alpha value is -3.28. The van der Waals surface area contributed by atoms with Gasteiger partial charge in [0.1, 0.15) is 11.6 Å². The Kier molecular flexibility index (Phi) is 4.32. The molecule has 0 bridgehead atoms. The number of aromatic nitrogens is 3. The molecule has 27 heavy (non-hydrogen) atoms. The third-order valence-corrected chi connectivity index (χ3v) is 4.46. The third kappa shape index (κ3) is 3.51. The van der Waals surface area contributed by atoms with Crippen molar-refractivity contribution < 1.29 is 8.91 Å². The molecule has 4 aromatic rings. The van der Waals surface area contributed by atoms with Gasteiger partial charge in [-0.05, 0) is 49.2 Å². The van der Waals surface area contributed by atoms with Gasteiger partial charge in [-0.25, -0.2) is 9.37 Å². The Balaban J connectivity index is 1.80. The molecule has 2 aromatic heterocycles. The van der Waals surface area contributed by atoms with Crippen LogP contribution in [0, 0.1) is 19.7 Å². The summed E-state index contributed by atoms with van der Waals surface area (Å²) in [7, 11) is 0. The van der Waals surface area contributed by atoms with Gasteiger partial charge in [-0.15, -0.1) is 0 Å². The van der Waals surface area contributed by atoms with Gasteiger partial charge in [0, 0.05) is 18.4 Å². The molecule has 0 aliphatic heterocycles. The Labute approximate surface area is 156 Å². The highest BCUT2D eigenvalue weighted by Crippen LogP contribution is 2.31. The first-order valence-corrected chi connectivity index (χ1v) is 8.74. The van der Waals surface area contributed by atoms with Crippen LogP contribution in [0.5, 0.6) is 0 Å². The van der Waals surface area contributed by atoms with E-state index in [2.05, 4.69) is 15.5 Å². The highest BCUT2D eigenvalue weighted by Gasteiger charge is 2.17. The highest BCUT2D eigenvalue weighted by atomic mass is 19.1. The van der Waals surface area contributed by atoms with Gasteiger partial charge in [-0.1, -0.05) is 29.4 Å². The van der Waals surface area contributed by atoms with Crippen LogP contribution < -0.4 is 5.32 Å². The smallest absolute Gasteiger partial charge is 0.223 e. The number of hydrogen-bond acceptors (Lipinski definition) is 5. The van der Waals surface area contributed by atoms with Crippen molar-refractivity contribution in [3.63, 3.8) is 0 Å². The fourth-order valence-electron chi connectivity index (χ4n) is 3.01. The van der Waals surface area contributed by atoms with E-state index in [1.54, 1.807) is 19.1 Å². The quantitative estimate of drug-likeness (QED) is 0.540. The van der Waals surface area contributed by atoms with Crippen molar-refractivity contribution in [3.8, 4) is 11.4 Å². The molecule has 0 unspecified atom stereocenters. The molecular formula is C21H19FN4O. The van der Waals surface area contributed by atoms with Crippen molar-refractivity contribution in [2.45, 2.75) is 26.8 Å². The maximum Gasteiger partial charge on any atom is 0.223 e. The Morgan fingerprint density at radius 3 is 2.48 bits per heavy atom. The van der Waals surface area contributed by atoms with Crippen LogP contribution in [0.2, 0.25) is 0 Å². The number of fused-ring (bicyclic) bond motifs is 1. The number of anilines is 1. The molecule has 0 saturated carbocycles. The molecule has 136 valence electrons. The summed E-state index contributed by atoms with van der Waals surface area (Å²) in [5.74, 6) is 1.38. The topological polar surface area (TPSA) is 63.8 Å². The third-order valence-electron chi connectivity index (χ3n) is 4.46. The molecule has 0 fully saturated rings. The largest absolute Gasteiger partial charge is 0.363 e. The molecule has 0 aliphatic rings. The van der Waals surface area contributed by atoms with E-state index in [0.717, 1.165) is 27.6 Å². The number of pyridine rings is 1. The molecule has 2 aromatic carbocycles. The van der Waals surface area contributed by atoms with Crippen molar-refractivity contribution in [2.75, 3.05) is 5.32 Å². The molecule has 0 saturated heterocycles. The average Bonchev–Trinajstić information content (AvgIpc) is 3.07. The number of benzene rings is 2. The summed E-state index contributed by atoms with van der Waals surface area (Å²) in [6.07, 6.45) is 0. The van der Waals surface area contributed by atoms with E-state index in [0.29, 0.717) is 17.5 Å². The molecular weight excluding hydrogens is 343 g/mol. The number of rotatable bonds is 4. The van der Waals surface area contributed by atoms with Gasteiger partial charge >= 0.3 is 0 Å². The summed E-state index contributed by atoms with van der Waals surface area (Å²) >= 11 is 0. The lowest BCUT2D eigenvalue weighted by molar-refractivity contribution is 0.394. The molecule has 2 heterocycles. The van der Waals surface area contributed by atoms with Crippen molar-refractivity contribution in [2.24, 2.45) is 0 Å². The number of hydrogen-bond donors (Lipinski definition) is 1. The molecule has 0 radical (unpaired) electrons. The van der Waals surface area contributed by atoms with Crippen molar-refractivity contribution in [3.05, 3.63) is 71.4 Å². The van der Waals surface area contributed by atoms with Crippen LogP contribution in [0.15, 0.2) is 53.1 Å². The van der Waals surface area contributed by atoms with Gasteiger partial charge in [0.15, 0.2) is 0 Å². The number of nitrogens with one attached hydrogen (secondary N) is 1. The van der Waals surface area contributed by atoms with Crippen LogP contribution in [0.3, 0.4) is 0 Å². The van der Waals surface area contributed by atoms with Crippen LogP contribution in [0.25, 0.3) is 22.3 Å². The summed E-state index contributed by atoms with van der Waals surface area (Å²) in [4.78, 5) is 9.15. The first kappa shape index (κ1) is 17.1. The lowest BCUT2D eigenvalue weighted by Crippen LogP contribution is -2.09. The molecule has 0 aliphatic carbocycles. The molecule has 6 heteroatoms. The summed E-state index contributed by atoms with van der Waals surface area (Å²) in [5, 5.41) is 8.46. The zero-order valence-electron chi connectivity index (χ0n) is 15.3. The van der Waals surface area contributed by atoms with E-state index in [1.165, 1.54) is 12.1 Å². The van der Waals surface area contributed by atoms with Crippen LogP contribution in [0.4, 0.5) is 10.2 Å². The lowest BCUT2D eigenvalue weighted by Gasteiger charge is -2.17. The summed E-state index contributed by atoms with van der Waals surface area (Å²) < 4.78 is 18.4. The van der Waals surface area contributed by atoms with Gasteiger partial charge in [-0.3, -0.25) is 0 Å². The second-order valence-electron chi connectivity index (χ2n) is 6.64. The van der Waals surface area contributed by atoms with E-state index in [1.807, 2.05) is 38.1 Å². The van der Waals surface area contributed by atoms with Crippen molar-refractivity contribution in [1.29, 1.82) is 0 Å². The predicted molar refractivity (Wildman–Crippen MR) is 103 cm³/mol. The molecule has 1 N–H and O–H groups in total. The van der Waals surface area contributed by atoms with Gasteiger partial charge in [0.25, 0.3) is 0 Å². The van der Waals surface area contributed by atoms with Crippen LogP contribution in [-0.2, 0) is 0 Å².